The van der Waals surface area contributed by atoms with Crippen molar-refractivity contribution >= 4 is 11.9 Å². The van der Waals surface area contributed by atoms with E-state index in [1.807, 2.05) is 0 Å². The quantitative estimate of drug-likeness (QED) is 0.294. The molecule has 0 spiro atoms. The van der Waals surface area contributed by atoms with Crippen LogP contribution in [-0.2, 0) is 14.3 Å². The van der Waals surface area contributed by atoms with Crippen molar-refractivity contribution < 1.29 is 14.3 Å². The van der Waals surface area contributed by atoms with Gasteiger partial charge in [0.05, 0.1) is 7.11 Å². The lowest BCUT2D eigenvalue weighted by molar-refractivity contribution is -0.167. The maximum absolute atomic E-state index is 12.0. The Morgan fingerprint density at radius 2 is 2.41 bits per heavy atom. The third kappa shape index (κ3) is 1.92. The number of rotatable bonds is 2. The number of hydrazine groups is 1. The Kier molecular flexibility index (Phi) is 3.16. The highest BCUT2D eigenvalue weighted by atomic mass is 16.5. The molecule has 0 saturated carbocycles. The number of amides is 1. The number of fused-ring (bicyclic) bond motifs is 1. The summed E-state index contributed by atoms with van der Waals surface area (Å²) >= 11 is 0. The number of hydrogen-bond donors (Lipinski definition) is 0. The summed E-state index contributed by atoms with van der Waals surface area (Å²) in [5.74, 6) is -0.748. The van der Waals surface area contributed by atoms with Gasteiger partial charge in [-0.1, -0.05) is 5.11 Å². The van der Waals surface area contributed by atoms with Crippen LogP contribution in [0.4, 0.5) is 0 Å². The van der Waals surface area contributed by atoms with E-state index in [1.54, 1.807) is 5.01 Å². The molecule has 0 aliphatic carbocycles. The topological polar surface area (TPSA) is 98.6 Å². The molecule has 0 aromatic rings. The van der Waals surface area contributed by atoms with Crippen molar-refractivity contribution in [1.29, 1.82) is 0 Å². The molecular formula is C9H13N5O3. The van der Waals surface area contributed by atoms with Crippen molar-refractivity contribution in [3.05, 3.63) is 10.4 Å². The number of ether oxygens (including phenoxy) is 1. The molecule has 8 nitrogen and oxygen atoms in total. The second-order valence-corrected chi connectivity index (χ2v) is 4.00. The third-order valence-corrected chi connectivity index (χ3v) is 3.05. The van der Waals surface area contributed by atoms with Gasteiger partial charge in [0, 0.05) is 18.0 Å². The lowest BCUT2D eigenvalue weighted by Crippen LogP contribution is -2.54. The van der Waals surface area contributed by atoms with Gasteiger partial charge >= 0.3 is 5.97 Å². The fourth-order valence-corrected chi connectivity index (χ4v) is 2.30. The van der Waals surface area contributed by atoms with E-state index in [4.69, 9.17) is 5.53 Å². The van der Waals surface area contributed by atoms with Gasteiger partial charge in [-0.3, -0.25) is 9.80 Å². The molecule has 0 bridgehead atoms. The van der Waals surface area contributed by atoms with Crippen LogP contribution in [-0.4, -0.2) is 54.2 Å². The maximum atomic E-state index is 12.0. The van der Waals surface area contributed by atoms with Crippen LogP contribution in [0.25, 0.3) is 10.4 Å². The highest BCUT2D eigenvalue weighted by Crippen LogP contribution is 2.26. The number of carbonyl (C=O) groups is 2. The number of esters is 1. The van der Waals surface area contributed by atoms with Gasteiger partial charge in [-0.25, -0.2) is 9.80 Å². The summed E-state index contributed by atoms with van der Waals surface area (Å²) in [5.41, 5.74) is 8.38. The first-order valence-corrected chi connectivity index (χ1v) is 5.39. The molecule has 2 saturated heterocycles. The molecule has 2 heterocycles. The summed E-state index contributed by atoms with van der Waals surface area (Å²) < 4.78 is 4.68. The van der Waals surface area contributed by atoms with Crippen LogP contribution in [0, 0.1) is 0 Å². The Bertz CT molecular complexity index is 392. The predicted octanol–water partition coefficient (Wildman–Crippen LogP) is 0.0599. The zero-order valence-corrected chi connectivity index (χ0v) is 9.44. The van der Waals surface area contributed by atoms with E-state index in [-0.39, 0.29) is 5.91 Å². The van der Waals surface area contributed by atoms with Crippen molar-refractivity contribution in [2.24, 2.45) is 5.11 Å². The Hall–Kier alpha value is -1.79. The second kappa shape index (κ2) is 4.60. The molecule has 2 unspecified atom stereocenters. The zero-order valence-electron chi connectivity index (χ0n) is 9.44. The molecule has 0 N–H and O–H groups in total. The summed E-state index contributed by atoms with van der Waals surface area (Å²) in [6.07, 6.45) is 1.39. The van der Waals surface area contributed by atoms with E-state index >= 15 is 0 Å². The normalized spacial score (nSPS) is 28.5. The molecule has 2 rings (SSSR count). The number of methoxy groups -OCH3 is 1. The molecule has 0 radical (unpaired) electrons. The van der Waals surface area contributed by atoms with Crippen molar-refractivity contribution in [3.8, 4) is 0 Å². The molecular weight excluding hydrogens is 226 g/mol. The molecule has 8 heteroatoms. The van der Waals surface area contributed by atoms with E-state index in [0.717, 1.165) is 6.42 Å². The van der Waals surface area contributed by atoms with Gasteiger partial charge in [-0.2, -0.15) is 0 Å². The Balaban J connectivity index is 2.22. The first kappa shape index (κ1) is 11.7. The van der Waals surface area contributed by atoms with E-state index in [0.29, 0.717) is 19.5 Å². The SMILES string of the molecule is COC(=O)C1CCCN2CC(N=[N+]=[N-])C(=O)N12. The Labute approximate surface area is 97.7 Å². The molecule has 2 aliphatic rings. The highest BCUT2D eigenvalue weighted by Gasteiger charge is 2.46. The number of hydrogen-bond acceptors (Lipinski definition) is 5. The minimum Gasteiger partial charge on any atom is -0.467 e. The summed E-state index contributed by atoms with van der Waals surface area (Å²) in [6.45, 7) is 1.03. The van der Waals surface area contributed by atoms with Gasteiger partial charge in [0.25, 0.3) is 0 Å². The fraction of sp³-hybridized carbons (Fsp3) is 0.778. The Morgan fingerprint density at radius 1 is 1.65 bits per heavy atom. The molecule has 17 heavy (non-hydrogen) atoms. The smallest absolute Gasteiger partial charge is 0.330 e. The van der Waals surface area contributed by atoms with Gasteiger partial charge in [0.1, 0.15) is 12.1 Å². The van der Waals surface area contributed by atoms with Crippen LogP contribution >= 0.6 is 0 Å². The third-order valence-electron chi connectivity index (χ3n) is 3.05. The lowest BCUT2D eigenvalue weighted by Gasteiger charge is -2.37. The van der Waals surface area contributed by atoms with Crippen molar-refractivity contribution in [2.45, 2.75) is 24.9 Å². The minimum atomic E-state index is -0.731. The number of carbonyl (C=O) groups excluding carboxylic acids is 2. The summed E-state index contributed by atoms with van der Waals surface area (Å²) in [6, 6.07) is -1.31. The summed E-state index contributed by atoms with van der Waals surface area (Å²) in [7, 11) is 1.30. The van der Waals surface area contributed by atoms with E-state index < -0.39 is 18.1 Å². The highest BCUT2D eigenvalue weighted by molar-refractivity contribution is 5.89. The number of azide groups is 1. The largest absolute Gasteiger partial charge is 0.467 e. The maximum Gasteiger partial charge on any atom is 0.330 e. The van der Waals surface area contributed by atoms with Crippen molar-refractivity contribution in [2.75, 3.05) is 20.2 Å². The average Bonchev–Trinajstić information content (AvgIpc) is 2.66. The average molecular weight is 239 g/mol. The molecule has 2 aliphatic heterocycles. The molecule has 1 amide bonds. The van der Waals surface area contributed by atoms with Crippen LogP contribution in [0.1, 0.15) is 12.8 Å². The van der Waals surface area contributed by atoms with Crippen molar-refractivity contribution in [1.82, 2.24) is 10.0 Å². The van der Waals surface area contributed by atoms with Gasteiger partial charge in [0.15, 0.2) is 0 Å². The summed E-state index contributed by atoms with van der Waals surface area (Å²) in [4.78, 5) is 26.2. The van der Waals surface area contributed by atoms with Gasteiger partial charge in [0.2, 0.25) is 5.91 Å². The van der Waals surface area contributed by atoms with Crippen LogP contribution in [0.3, 0.4) is 0 Å². The molecule has 2 atom stereocenters. The summed E-state index contributed by atoms with van der Waals surface area (Å²) in [5, 5.41) is 6.58. The lowest BCUT2D eigenvalue weighted by atomic mass is 10.1. The van der Waals surface area contributed by atoms with Crippen molar-refractivity contribution in [3.63, 3.8) is 0 Å². The second-order valence-electron chi connectivity index (χ2n) is 4.00. The van der Waals surface area contributed by atoms with Crippen LogP contribution in [0.5, 0.6) is 0 Å². The first-order valence-electron chi connectivity index (χ1n) is 5.39. The van der Waals surface area contributed by atoms with Gasteiger partial charge in [-0.05, 0) is 18.4 Å². The predicted molar refractivity (Wildman–Crippen MR) is 56.4 cm³/mol. The zero-order chi connectivity index (χ0) is 12.4. The Morgan fingerprint density at radius 3 is 3.06 bits per heavy atom. The van der Waals surface area contributed by atoms with E-state index in [1.165, 1.54) is 12.1 Å². The van der Waals surface area contributed by atoms with Crippen LogP contribution in [0.2, 0.25) is 0 Å². The molecule has 0 aromatic heterocycles. The molecule has 0 aromatic carbocycles. The minimum absolute atomic E-state index is 0.321. The molecule has 2 fully saturated rings. The fourth-order valence-electron chi connectivity index (χ4n) is 2.30. The number of nitrogens with zero attached hydrogens (tertiary/aromatic N) is 5. The van der Waals surface area contributed by atoms with Crippen LogP contribution < -0.4 is 0 Å². The standard InChI is InChI=1S/C9H13N5O3/c1-17-9(16)7-3-2-4-13-5-6(11-12-10)8(15)14(7)13/h6-7H,2-5H2,1H3. The van der Waals surface area contributed by atoms with Gasteiger partial charge in [-0.15, -0.1) is 0 Å². The molecule has 92 valence electrons. The van der Waals surface area contributed by atoms with Gasteiger partial charge < -0.3 is 4.74 Å². The first-order chi connectivity index (χ1) is 8.19. The monoisotopic (exact) mass is 239 g/mol. The van der Waals surface area contributed by atoms with E-state index in [9.17, 15) is 9.59 Å². The van der Waals surface area contributed by atoms with Crippen LogP contribution in [0.15, 0.2) is 5.11 Å². The van der Waals surface area contributed by atoms with E-state index in [2.05, 4.69) is 14.8 Å².